The predicted molar refractivity (Wildman–Crippen MR) is 60.1 cm³/mol. The van der Waals surface area contributed by atoms with E-state index in [1.807, 2.05) is 6.92 Å². The minimum absolute atomic E-state index is 0.106. The highest BCUT2D eigenvalue weighted by Gasteiger charge is 2.20. The number of rotatable bonds is 3. The maximum Gasteiger partial charge on any atom is 0.339 e. The van der Waals surface area contributed by atoms with E-state index in [4.69, 9.17) is 9.84 Å². The number of hydrogen-bond donors (Lipinski definition) is 1. The number of aromatic nitrogens is 3. The van der Waals surface area contributed by atoms with Crippen molar-refractivity contribution in [3.63, 3.8) is 0 Å². The number of nitrogens with zero attached hydrogens (tertiary/aromatic N) is 3. The van der Waals surface area contributed by atoms with Crippen molar-refractivity contribution >= 4 is 11.6 Å². The topological polar surface area (TPSA) is 76.7 Å². The van der Waals surface area contributed by atoms with Crippen molar-refractivity contribution < 1.29 is 14.6 Å². The molecular weight excluding hydrogens is 222 g/mol. The second-order valence-corrected chi connectivity index (χ2v) is 3.80. The molecule has 0 aliphatic carbocycles. The highest BCUT2D eigenvalue weighted by atomic mass is 16.5. The van der Waals surface area contributed by atoms with Gasteiger partial charge >= 0.3 is 5.97 Å². The predicted octanol–water partition coefficient (Wildman–Crippen LogP) is 1.44. The van der Waals surface area contributed by atoms with E-state index in [1.54, 1.807) is 13.0 Å². The van der Waals surface area contributed by atoms with Gasteiger partial charge in [0.05, 0.1) is 17.5 Å². The fourth-order valence-corrected chi connectivity index (χ4v) is 1.73. The minimum atomic E-state index is -1.04. The Morgan fingerprint density at radius 3 is 2.88 bits per heavy atom. The third-order valence-corrected chi connectivity index (χ3v) is 2.61. The molecule has 0 saturated carbocycles. The van der Waals surface area contributed by atoms with E-state index >= 15 is 0 Å². The molecule has 0 aromatic carbocycles. The number of carbonyl (C=O) groups is 1. The molecule has 0 spiro atoms. The number of fused-ring (bicyclic) bond motifs is 1. The summed E-state index contributed by atoms with van der Waals surface area (Å²) in [6.45, 7) is 3.61. The molecule has 2 aromatic rings. The van der Waals surface area contributed by atoms with E-state index in [0.29, 0.717) is 11.3 Å². The van der Waals surface area contributed by atoms with Crippen molar-refractivity contribution in [3.8, 4) is 0 Å². The Labute approximate surface area is 97.9 Å². The van der Waals surface area contributed by atoms with Crippen molar-refractivity contribution in [2.75, 3.05) is 7.11 Å². The average molecular weight is 235 g/mol. The summed E-state index contributed by atoms with van der Waals surface area (Å²) in [5.74, 6) is -1.04. The first-order chi connectivity index (χ1) is 8.04. The third kappa shape index (κ3) is 1.87. The second-order valence-electron chi connectivity index (χ2n) is 3.80. The number of aryl methyl sites for hydroxylation is 1. The molecule has 0 aliphatic heterocycles. The van der Waals surface area contributed by atoms with E-state index < -0.39 is 5.97 Å². The van der Waals surface area contributed by atoms with Gasteiger partial charge in [0.2, 0.25) is 0 Å². The van der Waals surface area contributed by atoms with Crippen LogP contribution >= 0.6 is 0 Å². The zero-order chi connectivity index (χ0) is 12.6. The van der Waals surface area contributed by atoms with Crippen LogP contribution in [0.4, 0.5) is 0 Å². The fourth-order valence-electron chi connectivity index (χ4n) is 1.73. The molecule has 2 aromatic heterocycles. The maximum atomic E-state index is 11.2. The third-order valence-electron chi connectivity index (χ3n) is 2.61. The average Bonchev–Trinajstić information content (AvgIpc) is 2.66. The van der Waals surface area contributed by atoms with Crippen LogP contribution in [0.15, 0.2) is 12.3 Å². The Balaban J connectivity index is 2.78. The van der Waals surface area contributed by atoms with Gasteiger partial charge in [-0.15, -0.1) is 0 Å². The molecule has 0 aliphatic rings. The SMILES string of the molecule is CO[C@@H](C)c1c(C(=O)O)cnc2cc(C)nn12. The molecule has 90 valence electrons. The summed E-state index contributed by atoms with van der Waals surface area (Å²) in [5, 5.41) is 13.4. The van der Waals surface area contributed by atoms with E-state index in [0.717, 1.165) is 5.69 Å². The summed E-state index contributed by atoms with van der Waals surface area (Å²) in [7, 11) is 1.53. The minimum Gasteiger partial charge on any atom is -0.478 e. The van der Waals surface area contributed by atoms with Crippen LogP contribution in [-0.2, 0) is 4.74 Å². The lowest BCUT2D eigenvalue weighted by atomic mass is 10.1. The van der Waals surface area contributed by atoms with Gasteiger partial charge in [-0.1, -0.05) is 0 Å². The van der Waals surface area contributed by atoms with E-state index in [9.17, 15) is 4.79 Å². The Kier molecular flexibility index (Phi) is 2.81. The zero-order valence-electron chi connectivity index (χ0n) is 9.84. The van der Waals surface area contributed by atoms with Gasteiger partial charge in [-0.3, -0.25) is 0 Å². The molecule has 2 rings (SSSR count). The molecule has 0 radical (unpaired) electrons. The summed E-state index contributed by atoms with van der Waals surface area (Å²) in [5.41, 5.74) is 2.00. The van der Waals surface area contributed by atoms with Crippen molar-refractivity contribution in [1.82, 2.24) is 14.6 Å². The second kappa shape index (κ2) is 4.14. The molecule has 17 heavy (non-hydrogen) atoms. The van der Waals surface area contributed by atoms with Crippen molar-refractivity contribution in [2.24, 2.45) is 0 Å². The van der Waals surface area contributed by atoms with Crippen LogP contribution in [0.3, 0.4) is 0 Å². The maximum absolute atomic E-state index is 11.2. The summed E-state index contributed by atoms with van der Waals surface area (Å²) >= 11 is 0. The molecule has 6 nitrogen and oxygen atoms in total. The van der Waals surface area contributed by atoms with Crippen LogP contribution in [0.2, 0.25) is 0 Å². The molecule has 0 amide bonds. The van der Waals surface area contributed by atoms with Crippen molar-refractivity contribution in [3.05, 3.63) is 29.2 Å². The lowest BCUT2D eigenvalue weighted by Gasteiger charge is -2.13. The molecular formula is C11H13N3O3. The van der Waals surface area contributed by atoms with Crippen LogP contribution in [0.1, 0.15) is 34.8 Å². The van der Waals surface area contributed by atoms with E-state index in [-0.39, 0.29) is 11.7 Å². The van der Waals surface area contributed by atoms with E-state index in [1.165, 1.54) is 17.8 Å². The van der Waals surface area contributed by atoms with Crippen LogP contribution in [-0.4, -0.2) is 32.8 Å². The van der Waals surface area contributed by atoms with Gasteiger partial charge in [0.25, 0.3) is 0 Å². The largest absolute Gasteiger partial charge is 0.478 e. The van der Waals surface area contributed by atoms with Crippen LogP contribution in [0, 0.1) is 6.92 Å². The highest BCUT2D eigenvalue weighted by Crippen LogP contribution is 2.21. The highest BCUT2D eigenvalue weighted by molar-refractivity contribution is 5.89. The first kappa shape index (κ1) is 11.5. The number of aromatic carboxylic acids is 1. The lowest BCUT2D eigenvalue weighted by molar-refractivity contribution is 0.0678. The Bertz CT molecular complexity index is 577. The van der Waals surface area contributed by atoms with Gasteiger partial charge in [-0.25, -0.2) is 14.3 Å². The molecule has 0 saturated heterocycles. The van der Waals surface area contributed by atoms with Gasteiger partial charge in [-0.2, -0.15) is 5.10 Å². The summed E-state index contributed by atoms with van der Waals surface area (Å²) in [4.78, 5) is 15.2. The molecule has 1 atom stereocenters. The number of hydrogen-bond acceptors (Lipinski definition) is 4. The van der Waals surface area contributed by atoms with Gasteiger partial charge in [0.15, 0.2) is 5.65 Å². The normalized spacial score (nSPS) is 12.9. The first-order valence-electron chi connectivity index (χ1n) is 5.16. The van der Waals surface area contributed by atoms with E-state index in [2.05, 4.69) is 10.1 Å². The smallest absolute Gasteiger partial charge is 0.339 e. The quantitative estimate of drug-likeness (QED) is 0.871. The number of carboxylic acids is 1. The molecule has 0 fully saturated rings. The van der Waals surface area contributed by atoms with Gasteiger partial charge < -0.3 is 9.84 Å². The van der Waals surface area contributed by atoms with Crippen LogP contribution in [0.25, 0.3) is 5.65 Å². The van der Waals surface area contributed by atoms with Crippen molar-refractivity contribution in [1.29, 1.82) is 0 Å². The van der Waals surface area contributed by atoms with Gasteiger partial charge in [0, 0.05) is 19.4 Å². The standard InChI is InChI=1S/C11H13N3O3/c1-6-4-9-12-5-8(11(15)16)10(7(2)17-3)14(9)13-6/h4-5,7H,1-3H3,(H,15,16)/t7-/m0/s1. The lowest BCUT2D eigenvalue weighted by Crippen LogP contribution is -2.14. The monoisotopic (exact) mass is 235 g/mol. The summed E-state index contributed by atoms with van der Waals surface area (Å²) < 4.78 is 6.71. The summed E-state index contributed by atoms with van der Waals surface area (Å²) in [6, 6.07) is 1.79. The Hall–Kier alpha value is -1.95. The molecule has 6 heteroatoms. The number of ether oxygens (including phenoxy) is 1. The molecule has 2 heterocycles. The number of carboxylic acid groups (broad SMARTS) is 1. The molecule has 0 bridgehead atoms. The zero-order valence-corrected chi connectivity index (χ0v) is 9.84. The van der Waals surface area contributed by atoms with Crippen LogP contribution in [0.5, 0.6) is 0 Å². The molecule has 1 N–H and O–H groups in total. The van der Waals surface area contributed by atoms with Gasteiger partial charge in [0.1, 0.15) is 5.56 Å². The molecule has 0 unspecified atom stereocenters. The van der Waals surface area contributed by atoms with Crippen LogP contribution < -0.4 is 0 Å². The number of methoxy groups -OCH3 is 1. The first-order valence-corrected chi connectivity index (χ1v) is 5.16. The Morgan fingerprint density at radius 2 is 2.29 bits per heavy atom. The summed E-state index contributed by atoms with van der Waals surface area (Å²) in [6.07, 6.45) is 0.967. The van der Waals surface area contributed by atoms with Gasteiger partial charge in [-0.05, 0) is 13.8 Å². The Morgan fingerprint density at radius 1 is 1.59 bits per heavy atom. The van der Waals surface area contributed by atoms with Crippen molar-refractivity contribution in [2.45, 2.75) is 20.0 Å². The fraction of sp³-hybridized carbons (Fsp3) is 0.364.